The molecule has 0 aliphatic carbocycles. The summed E-state index contributed by atoms with van der Waals surface area (Å²) in [4.78, 5) is 53.3. The third-order valence-corrected chi connectivity index (χ3v) is 5.63. The van der Waals surface area contributed by atoms with Gasteiger partial charge in [-0.05, 0) is 71.6 Å². The SMILES string of the molecule is CCCCCNC(=O)C(c1c(C)cccc1C)N(C(=O)C(CC(N)=O)NC(=O)OC(C)(C)C)C(C)C. The van der Waals surface area contributed by atoms with E-state index < -0.39 is 48.1 Å². The summed E-state index contributed by atoms with van der Waals surface area (Å²) in [5.74, 6) is -1.67. The number of primary amides is 1. The average molecular weight is 505 g/mol. The van der Waals surface area contributed by atoms with Gasteiger partial charge in [-0.2, -0.15) is 0 Å². The van der Waals surface area contributed by atoms with E-state index in [9.17, 15) is 19.2 Å². The first-order valence-electron chi connectivity index (χ1n) is 12.6. The number of carbonyl (C=O) groups is 4. The lowest BCUT2D eigenvalue weighted by Gasteiger charge is -2.38. The van der Waals surface area contributed by atoms with Gasteiger partial charge in [0, 0.05) is 12.6 Å². The quantitative estimate of drug-likeness (QED) is 0.374. The van der Waals surface area contributed by atoms with Crippen molar-refractivity contribution in [3.05, 3.63) is 34.9 Å². The number of rotatable bonds is 12. The van der Waals surface area contributed by atoms with Crippen LogP contribution in [0.15, 0.2) is 18.2 Å². The van der Waals surface area contributed by atoms with Crippen LogP contribution in [0.2, 0.25) is 0 Å². The number of nitrogens with one attached hydrogen (secondary N) is 2. The molecule has 0 aromatic heterocycles. The zero-order valence-electron chi connectivity index (χ0n) is 23.1. The monoisotopic (exact) mass is 504 g/mol. The normalized spacial score (nSPS) is 13.0. The molecule has 0 spiro atoms. The standard InChI is InChI=1S/C27H44N4O5/c1-9-10-11-15-29-24(33)23(22-18(4)13-12-14-19(22)5)31(17(2)3)25(34)20(16-21(28)32)30-26(35)36-27(6,7)8/h12-14,17,20,23H,9-11,15-16H2,1-8H3,(H2,28,32)(H,29,33)(H,30,35). The molecule has 0 saturated heterocycles. The Labute approximate surface area is 215 Å². The van der Waals surface area contributed by atoms with Crippen LogP contribution in [0.1, 0.15) is 90.0 Å². The van der Waals surface area contributed by atoms with Crippen LogP contribution in [0.4, 0.5) is 4.79 Å². The van der Waals surface area contributed by atoms with Crippen LogP contribution in [0, 0.1) is 13.8 Å². The van der Waals surface area contributed by atoms with Crippen molar-refractivity contribution < 1.29 is 23.9 Å². The third-order valence-electron chi connectivity index (χ3n) is 5.63. The number of benzene rings is 1. The van der Waals surface area contributed by atoms with Gasteiger partial charge in [0.15, 0.2) is 0 Å². The predicted molar refractivity (Wildman–Crippen MR) is 140 cm³/mol. The molecule has 0 bridgehead atoms. The molecule has 2 unspecified atom stereocenters. The van der Waals surface area contributed by atoms with Gasteiger partial charge in [0.2, 0.25) is 17.7 Å². The zero-order valence-corrected chi connectivity index (χ0v) is 23.1. The number of carbonyl (C=O) groups excluding carboxylic acids is 4. The summed E-state index contributed by atoms with van der Waals surface area (Å²) in [6, 6.07) is 2.99. The molecule has 202 valence electrons. The van der Waals surface area contributed by atoms with Crippen molar-refractivity contribution in [2.75, 3.05) is 6.54 Å². The van der Waals surface area contributed by atoms with E-state index in [1.54, 1.807) is 34.6 Å². The molecule has 1 aromatic carbocycles. The van der Waals surface area contributed by atoms with Crippen LogP contribution >= 0.6 is 0 Å². The molecule has 0 aliphatic rings. The molecule has 0 saturated carbocycles. The van der Waals surface area contributed by atoms with E-state index in [4.69, 9.17) is 10.5 Å². The molecule has 4 N–H and O–H groups in total. The highest BCUT2D eigenvalue weighted by Crippen LogP contribution is 2.30. The van der Waals surface area contributed by atoms with Crippen molar-refractivity contribution in [3.63, 3.8) is 0 Å². The Bertz CT molecular complexity index is 903. The van der Waals surface area contributed by atoms with Crippen LogP contribution in [0.5, 0.6) is 0 Å². The molecule has 1 aromatic rings. The maximum absolute atomic E-state index is 13.9. The number of nitrogens with zero attached hydrogens (tertiary/aromatic N) is 1. The van der Waals surface area contributed by atoms with E-state index in [-0.39, 0.29) is 5.91 Å². The molecule has 2 atom stereocenters. The van der Waals surface area contributed by atoms with E-state index in [2.05, 4.69) is 17.6 Å². The molecule has 4 amide bonds. The van der Waals surface area contributed by atoms with Gasteiger partial charge in [-0.3, -0.25) is 14.4 Å². The van der Waals surface area contributed by atoms with E-state index in [0.717, 1.165) is 30.4 Å². The molecular formula is C27H44N4O5. The van der Waals surface area contributed by atoms with Crippen LogP contribution in [-0.2, 0) is 19.1 Å². The fourth-order valence-corrected chi connectivity index (χ4v) is 4.05. The van der Waals surface area contributed by atoms with Crippen LogP contribution in [0.3, 0.4) is 0 Å². The largest absolute Gasteiger partial charge is 0.444 e. The average Bonchev–Trinajstić information content (AvgIpc) is 2.73. The lowest BCUT2D eigenvalue weighted by molar-refractivity contribution is -0.145. The Balaban J connectivity index is 3.50. The third kappa shape index (κ3) is 9.51. The summed E-state index contributed by atoms with van der Waals surface area (Å²) in [6.45, 7) is 15.0. The van der Waals surface area contributed by atoms with E-state index in [1.807, 2.05) is 32.0 Å². The Kier molecular flexibility index (Phi) is 11.9. The molecule has 0 fully saturated rings. The number of ether oxygens (including phenoxy) is 1. The molecule has 0 heterocycles. The number of aryl methyl sites for hydroxylation is 2. The lowest BCUT2D eigenvalue weighted by atomic mass is 9.92. The Morgan fingerprint density at radius 2 is 1.64 bits per heavy atom. The van der Waals surface area contributed by atoms with Crippen molar-refractivity contribution in [1.29, 1.82) is 0 Å². The highest BCUT2D eigenvalue weighted by molar-refractivity contribution is 5.95. The second-order valence-corrected chi connectivity index (χ2v) is 10.4. The van der Waals surface area contributed by atoms with Gasteiger partial charge in [0.25, 0.3) is 0 Å². The number of hydrogen-bond donors (Lipinski definition) is 3. The zero-order chi connectivity index (χ0) is 27.6. The number of alkyl carbamates (subject to hydrolysis) is 1. The topological polar surface area (TPSA) is 131 Å². The van der Waals surface area contributed by atoms with Gasteiger partial charge in [-0.25, -0.2) is 4.79 Å². The van der Waals surface area contributed by atoms with Crippen molar-refractivity contribution in [3.8, 4) is 0 Å². The van der Waals surface area contributed by atoms with Gasteiger partial charge in [0.1, 0.15) is 17.7 Å². The van der Waals surface area contributed by atoms with Crippen LogP contribution in [-0.4, -0.2) is 52.9 Å². The number of amides is 4. The number of unbranched alkanes of at least 4 members (excludes halogenated alkanes) is 2. The second kappa shape index (κ2) is 13.8. The van der Waals surface area contributed by atoms with Crippen LogP contribution in [0.25, 0.3) is 0 Å². The van der Waals surface area contributed by atoms with E-state index >= 15 is 0 Å². The minimum absolute atomic E-state index is 0.319. The smallest absolute Gasteiger partial charge is 0.408 e. The Morgan fingerprint density at radius 1 is 1.06 bits per heavy atom. The maximum Gasteiger partial charge on any atom is 0.408 e. The van der Waals surface area contributed by atoms with E-state index in [0.29, 0.717) is 12.1 Å². The molecule has 9 nitrogen and oxygen atoms in total. The summed E-state index contributed by atoms with van der Waals surface area (Å²) in [5, 5.41) is 5.47. The van der Waals surface area contributed by atoms with Crippen molar-refractivity contribution >= 4 is 23.8 Å². The summed E-state index contributed by atoms with van der Waals surface area (Å²) in [6.07, 6.45) is 1.53. The summed E-state index contributed by atoms with van der Waals surface area (Å²) >= 11 is 0. The van der Waals surface area contributed by atoms with E-state index in [1.165, 1.54) is 4.90 Å². The number of hydrogen-bond acceptors (Lipinski definition) is 5. The second-order valence-electron chi connectivity index (χ2n) is 10.4. The summed E-state index contributed by atoms with van der Waals surface area (Å²) in [5.41, 5.74) is 7.04. The van der Waals surface area contributed by atoms with Crippen molar-refractivity contribution in [2.45, 2.75) is 105 Å². The predicted octanol–water partition coefficient (Wildman–Crippen LogP) is 3.66. The van der Waals surface area contributed by atoms with Crippen molar-refractivity contribution in [1.82, 2.24) is 15.5 Å². The minimum Gasteiger partial charge on any atom is -0.444 e. The van der Waals surface area contributed by atoms with Gasteiger partial charge in [0.05, 0.1) is 6.42 Å². The molecule has 0 radical (unpaired) electrons. The molecule has 0 aliphatic heterocycles. The maximum atomic E-state index is 13.9. The summed E-state index contributed by atoms with van der Waals surface area (Å²) in [7, 11) is 0. The first-order valence-corrected chi connectivity index (χ1v) is 12.6. The first-order chi connectivity index (χ1) is 16.7. The lowest BCUT2D eigenvalue weighted by Crippen LogP contribution is -2.56. The molecule has 1 rings (SSSR count). The first kappa shape index (κ1) is 30.9. The molecule has 36 heavy (non-hydrogen) atoms. The molecular weight excluding hydrogens is 460 g/mol. The Morgan fingerprint density at radius 3 is 2.11 bits per heavy atom. The van der Waals surface area contributed by atoms with Gasteiger partial charge >= 0.3 is 6.09 Å². The fourth-order valence-electron chi connectivity index (χ4n) is 4.05. The highest BCUT2D eigenvalue weighted by atomic mass is 16.6. The summed E-state index contributed by atoms with van der Waals surface area (Å²) < 4.78 is 5.29. The van der Waals surface area contributed by atoms with Gasteiger partial charge in [-0.1, -0.05) is 38.0 Å². The van der Waals surface area contributed by atoms with Gasteiger partial charge < -0.3 is 26.0 Å². The fraction of sp³-hybridized carbons (Fsp3) is 0.630. The van der Waals surface area contributed by atoms with Crippen LogP contribution < -0.4 is 16.4 Å². The highest BCUT2D eigenvalue weighted by Gasteiger charge is 2.39. The minimum atomic E-state index is -1.29. The van der Waals surface area contributed by atoms with Gasteiger partial charge in [-0.15, -0.1) is 0 Å². The Hall–Kier alpha value is -3.10. The number of nitrogens with two attached hydrogens (primary N) is 1. The molecule has 9 heteroatoms. The van der Waals surface area contributed by atoms with Crippen molar-refractivity contribution in [2.24, 2.45) is 5.73 Å².